The average Bonchev–Trinajstić information content (AvgIpc) is 2.99. The van der Waals surface area contributed by atoms with E-state index in [1.54, 1.807) is 13.0 Å². The van der Waals surface area contributed by atoms with E-state index in [2.05, 4.69) is 6.58 Å². The summed E-state index contributed by atoms with van der Waals surface area (Å²) in [5, 5.41) is 9.59. The summed E-state index contributed by atoms with van der Waals surface area (Å²) in [6, 6.07) is 0. The van der Waals surface area contributed by atoms with Gasteiger partial charge in [0.05, 0.1) is 18.1 Å². The summed E-state index contributed by atoms with van der Waals surface area (Å²) in [6.07, 6.45) is 2.74. The fraction of sp³-hybridized carbons (Fsp3) is 0.583. The number of ether oxygens (including phenoxy) is 4. The molecule has 1 aliphatic carbocycles. The Morgan fingerprint density at radius 3 is 2.52 bits per heavy atom. The van der Waals surface area contributed by atoms with Crippen molar-refractivity contribution >= 4 is 23.9 Å². The molecule has 0 aromatic carbocycles. The van der Waals surface area contributed by atoms with Gasteiger partial charge < -0.3 is 24.1 Å². The summed E-state index contributed by atoms with van der Waals surface area (Å²) in [6.45, 7) is 9.43. The Labute approximate surface area is 193 Å². The van der Waals surface area contributed by atoms with Gasteiger partial charge in [-0.25, -0.2) is 9.59 Å². The second-order valence-electron chi connectivity index (χ2n) is 8.48. The van der Waals surface area contributed by atoms with E-state index in [1.807, 2.05) is 6.92 Å². The number of esters is 4. The van der Waals surface area contributed by atoms with Crippen LogP contribution in [0, 0.1) is 11.8 Å². The van der Waals surface area contributed by atoms with Crippen LogP contribution in [0.3, 0.4) is 0 Å². The van der Waals surface area contributed by atoms with E-state index in [-0.39, 0.29) is 23.7 Å². The van der Waals surface area contributed by atoms with Gasteiger partial charge in [-0.1, -0.05) is 13.5 Å². The Balaban J connectivity index is 2.33. The van der Waals surface area contributed by atoms with Crippen LogP contribution in [0.5, 0.6) is 0 Å². The Hall–Kier alpha value is -2.94. The van der Waals surface area contributed by atoms with Crippen LogP contribution in [0.25, 0.3) is 0 Å². The lowest BCUT2D eigenvalue weighted by Gasteiger charge is -2.31. The molecule has 9 nitrogen and oxygen atoms in total. The molecule has 0 aromatic heterocycles. The lowest BCUT2D eigenvalue weighted by Crippen LogP contribution is -2.36. The van der Waals surface area contributed by atoms with Crippen molar-refractivity contribution in [1.82, 2.24) is 0 Å². The van der Waals surface area contributed by atoms with Crippen molar-refractivity contribution in [2.75, 3.05) is 13.2 Å². The van der Waals surface area contributed by atoms with E-state index in [0.717, 1.165) is 5.57 Å². The van der Waals surface area contributed by atoms with Crippen LogP contribution in [-0.2, 0) is 38.1 Å². The summed E-state index contributed by atoms with van der Waals surface area (Å²) >= 11 is 0. The normalized spacial score (nSPS) is 29.8. The number of aliphatic hydroxyl groups is 1. The molecule has 0 amide bonds. The number of hydrogen-bond donors (Lipinski definition) is 1. The molecule has 3 unspecified atom stereocenters. The molecule has 1 heterocycles. The number of hydrogen-bond acceptors (Lipinski definition) is 9. The van der Waals surface area contributed by atoms with Gasteiger partial charge in [0.2, 0.25) is 0 Å². The van der Waals surface area contributed by atoms with Crippen LogP contribution in [0.2, 0.25) is 0 Å². The maximum Gasteiger partial charge on any atom is 0.336 e. The van der Waals surface area contributed by atoms with Crippen LogP contribution in [-0.4, -0.2) is 60.5 Å². The molecular formula is C24H32O9. The molecule has 33 heavy (non-hydrogen) atoms. The number of rotatable bonds is 6. The van der Waals surface area contributed by atoms with Gasteiger partial charge >= 0.3 is 23.9 Å². The van der Waals surface area contributed by atoms with E-state index >= 15 is 0 Å². The summed E-state index contributed by atoms with van der Waals surface area (Å²) in [5.74, 6) is -2.86. The zero-order valence-electron chi connectivity index (χ0n) is 19.5. The van der Waals surface area contributed by atoms with Gasteiger partial charge in [0, 0.05) is 19.4 Å². The Kier molecular flexibility index (Phi) is 9.40. The van der Waals surface area contributed by atoms with Crippen LogP contribution >= 0.6 is 0 Å². The Morgan fingerprint density at radius 2 is 1.91 bits per heavy atom. The minimum Gasteiger partial charge on any atom is -0.462 e. The van der Waals surface area contributed by atoms with Crippen LogP contribution in [0.4, 0.5) is 0 Å². The molecule has 0 bridgehead atoms. The van der Waals surface area contributed by atoms with E-state index < -0.39 is 54.7 Å². The molecule has 0 aromatic rings. The molecule has 0 radical (unpaired) electrons. The minimum absolute atomic E-state index is 0.0542. The molecule has 0 saturated carbocycles. The molecule has 1 saturated heterocycles. The van der Waals surface area contributed by atoms with Gasteiger partial charge in [-0.05, 0) is 49.8 Å². The molecule has 2 rings (SSSR count). The molecule has 0 spiro atoms. The van der Waals surface area contributed by atoms with Gasteiger partial charge in [0.15, 0.2) is 0 Å². The topological polar surface area (TPSA) is 125 Å². The van der Waals surface area contributed by atoms with Crippen LogP contribution < -0.4 is 0 Å². The van der Waals surface area contributed by atoms with Crippen molar-refractivity contribution in [3.8, 4) is 0 Å². The lowest BCUT2D eigenvalue weighted by molar-refractivity contribution is -0.150. The van der Waals surface area contributed by atoms with E-state index in [0.29, 0.717) is 19.3 Å². The number of carbonyl (C=O) groups is 4. The molecule has 1 aliphatic heterocycles. The summed E-state index contributed by atoms with van der Waals surface area (Å²) in [7, 11) is 0. The predicted octanol–water partition coefficient (Wildman–Crippen LogP) is 2.18. The highest BCUT2D eigenvalue weighted by molar-refractivity contribution is 5.92. The van der Waals surface area contributed by atoms with Crippen molar-refractivity contribution in [1.29, 1.82) is 0 Å². The summed E-state index contributed by atoms with van der Waals surface area (Å²) < 4.78 is 21.5. The highest BCUT2D eigenvalue weighted by Gasteiger charge is 2.45. The molecule has 182 valence electrons. The first-order valence-electron chi connectivity index (χ1n) is 10.9. The second-order valence-corrected chi connectivity index (χ2v) is 8.48. The fourth-order valence-corrected chi connectivity index (χ4v) is 4.03. The molecule has 5 atom stereocenters. The highest BCUT2D eigenvalue weighted by Crippen LogP contribution is 2.37. The third kappa shape index (κ3) is 7.28. The minimum atomic E-state index is -0.775. The standard InChI is InChI=1S/C24H32O9/c1-13-6-7-19(31-17(5)27)14(2)11-21-22(15(3)23(28)32-21)20(10-13)33-24(29)18(12-25)8-9-30-16(4)26/h8,11,13,19-22,25H,3,6-7,9-10,12H2,1-2,4-5H3/b14-11-,18-8+/t13?,19?,20?,21-,22-/m1/s1. The fourth-order valence-electron chi connectivity index (χ4n) is 4.03. The predicted molar refractivity (Wildman–Crippen MR) is 117 cm³/mol. The zero-order chi connectivity index (χ0) is 24.7. The maximum atomic E-state index is 12.8. The third-order valence-corrected chi connectivity index (χ3v) is 5.77. The van der Waals surface area contributed by atoms with Gasteiger partial charge in [-0.3, -0.25) is 9.59 Å². The van der Waals surface area contributed by atoms with Crippen LogP contribution in [0.15, 0.2) is 35.5 Å². The molecule has 1 fully saturated rings. The van der Waals surface area contributed by atoms with Gasteiger partial charge in [-0.2, -0.15) is 0 Å². The first kappa shape index (κ1) is 26.3. The van der Waals surface area contributed by atoms with Crippen molar-refractivity contribution < 1.29 is 43.2 Å². The number of carbonyl (C=O) groups excluding carboxylic acids is 4. The van der Waals surface area contributed by atoms with Gasteiger partial charge in [0.1, 0.15) is 24.9 Å². The maximum absolute atomic E-state index is 12.8. The largest absolute Gasteiger partial charge is 0.462 e. The van der Waals surface area contributed by atoms with E-state index in [1.165, 1.54) is 19.9 Å². The van der Waals surface area contributed by atoms with E-state index in [4.69, 9.17) is 18.9 Å². The molecule has 2 aliphatic rings. The van der Waals surface area contributed by atoms with E-state index in [9.17, 15) is 24.3 Å². The number of aliphatic hydroxyl groups excluding tert-OH is 1. The smallest absolute Gasteiger partial charge is 0.336 e. The Morgan fingerprint density at radius 1 is 1.21 bits per heavy atom. The monoisotopic (exact) mass is 464 g/mol. The third-order valence-electron chi connectivity index (χ3n) is 5.77. The SMILES string of the molecule is C=C1C(=O)O[C@@H]2/C=C(/C)C(OC(C)=O)CCC(C)CC(OC(=O)/C(=C/COC(C)=O)CO)[C@@H]12. The van der Waals surface area contributed by atoms with Crippen molar-refractivity contribution in [2.24, 2.45) is 11.8 Å². The molecular weight excluding hydrogens is 432 g/mol. The first-order chi connectivity index (χ1) is 15.5. The summed E-state index contributed by atoms with van der Waals surface area (Å²) in [5.41, 5.74) is 0.863. The van der Waals surface area contributed by atoms with Crippen molar-refractivity contribution in [3.05, 3.63) is 35.5 Å². The van der Waals surface area contributed by atoms with Crippen molar-refractivity contribution in [2.45, 2.75) is 65.3 Å². The van der Waals surface area contributed by atoms with Crippen molar-refractivity contribution in [3.63, 3.8) is 0 Å². The van der Waals surface area contributed by atoms with Crippen LogP contribution in [0.1, 0.15) is 47.0 Å². The number of fused-ring (bicyclic) bond motifs is 1. The first-order valence-corrected chi connectivity index (χ1v) is 10.9. The highest BCUT2D eigenvalue weighted by atomic mass is 16.6. The second kappa shape index (κ2) is 11.8. The van der Waals surface area contributed by atoms with Gasteiger partial charge in [-0.15, -0.1) is 0 Å². The summed E-state index contributed by atoms with van der Waals surface area (Å²) in [4.78, 5) is 47.6. The quantitative estimate of drug-likeness (QED) is 0.272. The van der Waals surface area contributed by atoms with Gasteiger partial charge in [0.25, 0.3) is 0 Å². The average molecular weight is 465 g/mol. The lowest BCUT2D eigenvalue weighted by atomic mass is 9.82. The zero-order valence-corrected chi connectivity index (χ0v) is 19.5. The Bertz CT molecular complexity index is 854. The molecule has 1 N–H and O–H groups in total. The molecule has 9 heteroatoms.